The fourth-order valence-corrected chi connectivity index (χ4v) is 3.80. The Kier molecular flexibility index (Phi) is 4.71. The third-order valence-electron chi connectivity index (χ3n) is 4.46. The largest absolute Gasteiger partial charge is 0.417 e. The molecule has 158 valence electrons. The summed E-state index contributed by atoms with van der Waals surface area (Å²) in [7, 11) is 1.55. The van der Waals surface area contributed by atoms with Crippen LogP contribution in [0.3, 0.4) is 0 Å². The maximum absolute atomic E-state index is 13.2. The standard InChI is InChI=1S/C18H13F6N5S/c1-3-30-15-11-6-9(17(19,20)21)4-5-13(11)29(27-15)16-26-12-7-10(18(22,23)24)8-25-14(12)28(16)2/h4-8H,3H2,1-2H3. The van der Waals surface area contributed by atoms with Gasteiger partial charge in [-0.15, -0.1) is 11.8 Å². The van der Waals surface area contributed by atoms with E-state index in [4.69, 9.17) is 0 Å². The average Bonchev–Trinajstić information content (AvgIpc) is 3.18. The Hall–Kier alpha value is -2.76. The number of hydrogen-bond acceptors (Lipinski definition) is 4. The van der Waals surface area contributed by atoms with Gasteiger partial charge in [0.25, 0.3) is 0 Å². The zero-order valence-electron chi connectivity index (χ0n) is 15.5. The van der Waals surface area contributed by atoms with Crippen LogP contribution in [-0.2, 0) is 19.4 Å². The molecule has 0 radical (unpaired) electrons. The van der Waals surface area contributed by atoms with Crippen molar-refractivity contribution in [3.63, 3.8) is 0 Å². The van der Waals surface area contributed by atoms with Crippen LogP contribution in [0.5, 0.6) is 0 Å². The third-order valence-corrected chi connectivity index (χ3v) is 5.32. The molecule has 0 saturated heterocycles. The minimum atomic E-state index is -4.57. The van der Waals surface area contributed by atoms with Crippen LogP contribution in [0.15, 0.2) is 35.5 Å². The Bertz CT molecular complexity index is 1250. The number of halogens is 6. The molecule has 3 heterocycles. The molecule has 1 aromatic carbocycles. The molecule has 4 rings (SSSR count). The molecular formula is C18H13F6N5S. The van der Waals surface area contributed by atoms with E-state index in [2.05, 4.69) is 15.1 Å². The van der Waals surface area contributed by atoms with Crippen LogP contribution >= 0.6 is 11.8 Å². The number of benzene rings is 1. The Morgan fingerprint density at radius 3 is 2.33 bits per heavy atom. The van der Waals surface area contributed by atoms with Gasteiger partial charge in [-0.2, -0.15) is 36.1 Å². The van der Waals surface area contributed by atoms with E-state index in [1.54, 1.807) is 7.05 Å². The molecule has 0 atom stereocenters. The number of aromatic nitrogens is 5. The molecule has 0 bridgehead atoms. The molecule has 0 amide bonds. The smallest absolute Gasteiger partial charge is 0.296 e. The fraction of sp³-hybridized carbons (Fsp3) is 0.278. The Morgan fingerprint density at radius 2 is 1.70 bits per heavy atom. The quantitative estimate of drug-likeness (QED) is 0.311. The monoisotopic (exact) mass is 445 g/mol. The number of fused-ring (bicyclic) bond motifs is 2. The summed E-state index contributed by atoms with van der Waals surface area (Å²) in [6, 6.07) is 4.10. The summed E-state index contributed by atoms with van der Waals surface area (Å²) in [5, 5.41) is 5.03. The number of thioether (sulfide) groups is 1. The van der Waals surface area contributed by atoms with Crippen molar-refractivity contribution in [3.8, 4) is 5.95 Å². The molecule has 3 aromatic heterocycles. The second-order valence-electron chi connectivity index (χ2n) is 6.41. The maximum Gasteiger partial charge on any atom is 0.417 e. The molecule has 4 aromatic rings. The highest BCUT2D eigenvalue weighted by Crippen LogP contribution is 2.36. The topological polar surface area (TPSA) is 48.5 Å². The Labute approximate surface area is 169 Å². The maximum atomic E-state index is 13.2. The summed E-state index contributed by atoms with van der Waals surface area (Å²) in [5.74, 6) is 0.714. The van der Waals surface area contributed by atoms with E-state index in [1.807, 2.05) is 6.92 Å². The highest BCUT2D eigenvalue weighted by molar-refractivity contribution is 7.99. The van der Waals surface area contributed by atoms with Crippen LogP contribution in [-0.4, -0.2) is 30.1 Å². The first-order chi connectivity index (χ1) is 14.0. The van der Waals surface area contributed by atoms with Crippen molar-refractivity contribution in [2.45, 2.75) is 24.3 Å². The van der Waals surface area contributed by atoms with E-state index in [9.17, 15) is 26.3 Å². The third kappa shape index (κ3) is 3.38. The van der Waals surface area contributed by atoms with Gasteiger partial charge in [0.2, 0.25) is 5.95 Å². The van der Waals surface area contributed by atoms with Crippen LogP contribution in [0, 0.1) is 0 Å². The number of nitrogens with zero attached hydrogens (tertiary/aromatic N) is 5. The van der Waals surface area contributed by atoms with Gasteiger partial charge in [-0.3, -0.25) is 4.57 Å². The normalized spacial score (nSPS) is 12.9. The van der Waals surface area contributed by atoms with Crippen molar-refractivity contribution < 1.29 is 26.3 Å². The van der Waals surface area contributed by atoms with Gasteiger partial charge < -0.3 is 0 Å². The first kappa shape index (κ1) is 20.5. The Morgan fingerprint density at radius 1 is 1.00 bits per heavy atom. The highest BCUT2D eigenvalue weighted by Gasteiger charge is 2.33. The van der Waals surface area contributed by atoms with E-state index in [0.717, 1.165) is 18.2 Å². The van der Waals surface area contributed by atoms with Gasteiger partial charge in [0, 0.05) is 18.6 Å². The van der Waals surface area contributed by atoms with Gasteiger partial charge in [-0.05, 0) is 30.0 Å². The summed E-state index contributed by atoms with van der Waals surface area (Å²) >= 11 is 1.26. The van der Waals surface area contributed by atoms with Crippen molar-refractivity contribution in [1.29, 1.82) is 0 Å². The lowest BCUT2D eigenvalue weighted by Crippen LogP contribution is -2.07. The minimum Gasteiger partial charge on any atom is -0.296 e. The van der Waals surface area contributed by atoms with Gasteiger partial charge in [-0.25, -0.2) is 9.97 Å². The number of alkyl halides is 6. The first-order valence-corrected chi connectivity index (χ1v) is 9.62. The van der Waals surface area contributed by atoms with Crippen LogP contribution in [0.4, 0.5) is 26.3 Å². The first-order valence-electron chi connectivity index (χ1n) is 8.63. The number of rotatable bonds is 3. The molecule has 0 aliphatic carbocycles. The summed E-state index contributed by atoms with van der Waals surface area (Å²) in [5.41, 5.74) is -1.20. The number of hydrogen-bond donors (Lipinski definition) is 0. The van der Waals surface area contributed by atoms with E-state index in [-0.39, 0.29) is 22.5 Å². The number of aryl methyl sites for hydroxylation is 1. The van der Waals surface area contributed by atoms with Crippen LogP contribution in [0.2, 0.25) is 0 Å². The van der Waals surface area contributed by atoms with Crippen molar-refractivity contribution in [2.75, 3.05) is 5.75 Å². The second kappa shape index (κ2) is 6.89. The zero-order chi connectivity index (χ0) is 21.8. The summed E-state index contributed by atoms with van der Waals surface area (Å²) in [6.45, 7) is 1.83. The summed E-state index contributed by atoms with van der Waals surface area (Å²) < 4.78 is 81.2. The lowest BCUT2D eigenvalue weighted by Gasteiger charge is -2.07. The lowest BCUT2D eigenvalue weighted by molar-refractivity contribution is -0.138. The Balaban J connectivity index is 1.94. The molecule has 0 aliphatic rings. The zero-order valence-corrected chi connectivity index (χ0v) is 16.3. The van der Waals surface area contributed by atoms with Gasteiger partial charge in [0.05, 0.1) is 16.6 Å². The molecule has 0 saturated carbocycles. The van der Waals surface area contributed by atoms with Gasteiger partial charge in [0.15, 0.2) is 5.65 Å². The molecule has 5 nitrogen and oxygen atoms in total. The molecule has 0 N–H and O–H groups in total. The van der Waals surface area contributed by atoms with Crippen LogP contribution in [0.1, 0.15) is 18.1 Å². The van der Waals surface area contributed by atoms with Gasteiger partial charge in [0.1, 0.15) is 10.5 Å². The molecule has 0 fully saturated rings. The number of imidazole rings is 1. The van der Waals surface area contributed by atoms with Crippen molar-refractivity contribution in [2.24, 2.45) is 7.05 Å². The highest BCUT2D eigenvalue weighted by atomic mass is 32.2. The van der Waals surface area contributed by atoms with E-state index < -0.39 is 23.5 Å². The molecule has 12 heteroatoms. The molecule has 0 aliphatic heterocycles. The van der Waals surface area contributed by atoms with Crippen molar-refractivity contribution in [3.05, 3.63) is 41.6 Å². The SMILES string of the molecule is CCSc1nn(-c2nc3cc(C(F)(F)F)cnc3n2C)c2ccc(C(F)(F)F)cc12. The van der Waals surface area contributed by atoms with E-state index >= 15 is 0 Å². The molecule has 0 unspecified atom stereocenters. The van der Waals surface area contributed by atoms with Crippen LogP contribution < -0.4 is 0 Å². The van der Waals surface area contributed by atoms with E-state index in [0.29, 0.717) is 22.5 Å². The fourth-order valence-electron chi connectivity index (χ4n) is 3.07. The second-order valence-corrected chi connectivity index (χ2v) is 7.67. The lowest BCUT2D eigenvalue weighted by atomic mass is 10.1. The predicted octanol–water partition coefficient (Wildman–Crippen LogP) is 5.46. The predicted molar refractivity (Wildman–Crippen MR) is 99.5 cm³/mol. The summed E-state index contributed by atoms with van der Waals surface area (Å²) in [6.07, 6.45) is -8.38. The van der Waals surface area contributed by atoms with E-state index in [1.165, 1.54) is 27.1 Å². The van der Waals surface area contributed by atoms with Gasteiger partial charge in [-0.1, -0.05) is 6.92 Å². The van der Waals surface area contributed by atoms with Crippen molar-refractivity contribution >= 4 is 33.8 Å². The number of pyridine rings is 1. The van der Waals surface area contributed by atoms with Crippen LogP contribution in [0.25, 0.3) is 28.0 Å². The molecule has 30 heavy (non-hydrogen) atoms. The minimum absolute atomic E-state index is 0.00239. The molecule has 0 spiro atoms. The van der Waals surface area contributed by atoms with Crippen molar-refractivity contribution in [1.82, 2.24) is 24.3 Å². The molecular weight excluding hydrogens is 432 g/mol. The average molecular weight is 445 g/mol. The summed E-state index contributed by atoms with van der Waals surface area (Å²) in [4.78, 5) is 8.07. The van der Waals surface area contributed by atoms with Gasteiger partial charge >= 0.3 is 12.4 Å².